The highest BCUT2D eigenvalue weighted by molar-refractivity contribution is 6.08. The van der Waals surface area contributed by atoms with Crippen molar-refractivity contribution < 1.29 is 28.7 Å². The van der Waals surface area contributed by atoms with E-state index in [0.29, 0.717) is 12.8 Å². The topological polar surface area (TPSA) is 86.7 Å². The number of ether oxygens (including phenoxy) is 2. The van der Waals surface area contributed by atoms with Crippen LogP contribution in [0.2, 0.25) is 0 Å². The van der Waals surface area contributed by atoms with Crippen LogP contribution in [-0.2, 0) is 19.1 Å². The molecule has 0 heterocycles. The molecule has 0 bridgehead atoms. The summed E-state index contributed by atoms with van der Waals surface area (Å²) in [6.45, 7) is 10.5. The molecule has 0 saturated carbocycles. The van der Waals surface area contributed by atoms with Gasteiger partial charge in [0.25, 0.3) is 0 Å². The molecule has 6 heteroatoms. The van der Waals surface area contributed by atoms with Crippen molar-refractivity contribution in [2.24, 2.45) is 11.8 Å². The molecule has 26 heavy (non-hydrogen) atoms. The Balaban J connectivity index is 2.99. The average molecular weight is 358 g/mol. The van der Waals surface area contributed by atoms with Crippen LogP contribution in [0.15, 0.2) is 49.6 Å². The molecule has 0 aliphatic rings. The Morgan fingerprint density at radius 2 is 1.19 bits per heavy atom. The highest BCUT2D eigenvalue weighted by atomic mass is 16.6. The predicted molar refractivity (Wildman–Crippen MR) is 95.2 cm³/mol. The van der Waals surface area contributed by atoms with Gasteiger partial charge in [-0.2, -0.15) is 0 Å². The largest absolute Gasteiger partial charge is 0.389 e. The van der Waals surface area contributed by atoms with Gasteiger partial charge in [0.2, 0.25) is 0 Å². The Labute approximate surface area is 152 Å². The normalized spacial score (nSPS) is 12.4. The van der Waals surface area contributed by atoms with Crippen molar-refractivity contribution in [3.05, 3.63) is 60.7 Å². The zero-order valence-electron chi connectivity index (χ0n) is 14.9. The number of carbonyl (C=O) groups excluding carboxylic acids is 4. The summed E-state index contributed by atoms with van der Waals surface area (Å²) in [7, 11) is 0. The number of hydrogen-bond donors (Lipinski definition) is 0. The minimum absolute atomic E-state index is 0.163. The molecule has 0 aliphatic carbocycles. The Morgan fingerprint density at radius 3 is 1.46 bits per heavy atom. The van der Waals surface area contributed by atoms with E-state index in [9.17, 15) is 19.2 Å². The van der Waals surface area contributed by atoms with Crippen LogP contribution in [0, 0.1) is 11.8 Å². The smallest absolute Gasteiger partial charge is 0.346 e. The van der Waals surface area contributed by atoms with Gasteiger partial charge in [0.1, 0.15) is 0 Å². The highest BCUT2D eigenvalue weighted by Gasteiger charge is 2.26. The van der Waals surface area contributed by atoms with Gasteiger partial charge in [-0.3, -0.25) is 9.59 Å². The van der Waals surface area contributed by atoms with Crippen molar-refractivity contribution in [3.63, 3.8) is 0 Å². The molecule has 0 amide bonds. The lowest BCUT2D eigenvalue weighted by Crippen LogP contribution is -2.23. The molecule has 0 aromatic heterocycles. The third-order valence-electron chi connectivity index (χ3n) is 3.81. The molecule has 0 aliphatic heterocycles. The number of hydrogen-bond acceptors (Lipinski definition) is 6. The lowest BCUT2D eigenvalue weighted by atomic mass is 10.1. The van der Waals surface area contributed by atoms with Crippen molar-refractivity contribution in [2.45, 2.75) is 26.7 Å². The van der Waals surface area contributed by atoms with Crippen LogP contribution in [0.25, 0.3) is 0 Å². The van der Waals surface area contributed by atoms with Gasteiger partial charge < -0.3 is 9.47 Å². The molecule has 0 radical (unpaired) electrons. The minimum atomic E-state index is -0.994. The van der Waals surface area contributed by atoms with Gasteiger partial charge in [0.05, 0.1) is 23.0 Å². The van der Waals surface area contributed by atoms with Gasteiger partial charge in [-0.1, -0.05) is 38.1 Å². The van der Waals surface area contributed by atoms with E-state index in [1.54, 1.807) is 13.8 Å². The quantitative estimate of drug-likeness (QED) is 0.402. The first-order valence-electron chi connectivity index (χ1n) is 8.25. The molecule has 0 saturated heterocycles. The second kappa shape index (κ2) is 10.1. The molecule has 2 unspecified atom stereocenters. The van der Waals surface area contributed by atoms with E-state index in [2.05, 4.69) is 13.2 Å². The molecule has 1 aromatic rings. The fourth-order valence-corrected chi connectivity index (χ4v) is 2.14. The first kappa shape index (κ1) is 21.0. The van der Waals surface area contributed by atoms with Crippen molar-refractivity contribution in [1.29, 1.82) is 0 Å². The molecule has 0 N–H and O–H groups in total. The maximum atomic E-state index is 12.3. The van der Waals surface area contributed by atoms with Crippen LogP contribution in [0.1, 0.15) is 47.4 Å². The van der Waals surface area contributed by atoms with E-state index in [1.165, 1.54) is 36.4 Å². The standard InChI is InChI=1S/C20H22O6/c1-5-13(6-2)17(21)25-19(23)15-11-9-10-12-16(15)20(24)26-18(22)14(7-3)8-4/h5,7,9-14H,1,3,6,8H2,2,4H3. The molecule has 1 aromatic carbocycles. The van der Waals surface area contributed by atoms with Crippen LogP contribution >= 0.6 is 0 Å². The summed E-state index contributed by atoms with van der Waals surface area (Å²) in [4.78, 5) is 48.4. The molecule has 138 valence electrons. The fourth-order valence-electron chi connectivity index (χ4n) is 2.14. The van der Waals surface area contributed by atoms with Crippen molar-refractivity contribution >= 4 is 23.9 Å². The average Bonchev–Trinajstić information content (AvgIpc) is 2.63. The minimum Gasteiger partial charge on any atom is -0.389 e. The first-order valence-corrected chi connectivity index (χ1v) is 8.25. The Hall–Kier alpha value is -3.02. The van der Waals surface area contributed by atoms with Crippen LogP contribution in [0.3, 0.4) is 0 Å². The summed E-state index contributed by atoms with van der Waals surface area (Å²) in [5.41, 5.74) is -0.326. The monoisotopic (exact) mass is 358 g/mol. The molecule has 2 atom stereocenters. The molecular weight excluding hydrogens is 336 g/mol. The van der Waals surface area contributed by atoms with Gasteiger partial charge in [0.15, 0.2) is 0 Å². The van der Waals surface area contributed by atoms with Crippen LogP contribution in [0.5, 0.6) is 0 Å². The maximum absolute atomic E-state index is 12.3. The molecule has 6 nitrogen and oxygen atoms in total. The number of carbonyl (C=O) groups is 4. The third-order valence-corrected chi connectivity index (χ3v) is 3.81. The van der Waals surface area contributed by atoms with E-state index in [-0.39, 0.29) is 11.1 Å². The summed E-state index contributed by atoms with van der Waals surface area (Å²) in [6.07, 6.45) is 3.62. The van der Waals surface area contributed by atoms with E-state index < -0.39 is 35.7 Å². The Kier molecular flexibility index (Phi) is 8.15. The van der Waals surface area contributed by atoms with Gasteiger partial charge in [0, 0.05) is 0 Å². The SMILES string of the molecule is C=CC(CC)C(=O)OC(=O)c1ccccc1C(=O)OC(=O)C(C=C)CC. The zero-order chi connectivity index (χ0) is 19.7. The zero-order valence-corrected chi connectivity index (χ0v) is 14.9. The number of benzene rings is 1. The fraction of sp³-hybridized carbons (Fsp3) is 0.300. The van der Waals surface area contributed by atoms with Gasteiger partial charge in [-0.15, -0.1) is 13.2 Å². The number of rotatable bonds is 8. The highest BCUT2D eigenvalue weighted by Crippen LogP contribution is 2.16. The molecular formula is C20H22O6. The predicted octanol–water partition coefficient (Wildman–Crippen LogP) is 3.48. The van der Waals surface area contributed by atoms with E-state index in [4.69, 9.17) is 9.47 Å². The van der Waals surface area contributed by atoms with E-state index in [1.807, 2.05) is 0 Å². The van der Waals surface area contributed by atoms with Crippen molar-refractivity contribution in [3.8, 4) is 0 Å². The lowest BCUT2D eigenvalue weighted by molar-refractivity contribution is -0.142. The molecule has 1 rings (SSSR count). The van der Waals surface area contributed by atoms with Crippen molar-refractivity contribution in [1.82, 2.24) is 0 Å². The summed E-state index contributed by atoms with van der Waals surface area (Å²) < 4.78 is 9.62. The van der Waals surface area contributed by atoms with E-state index in [0.717, 1.165) is 0 Å². The van der Waals surface area contributed by atoms with Crippen molar-refractivity contribution in [2.75, 3.05) is 0 Å². The second-order valence-electron chi connectivity index (χ2n) is 5.46. The lowest BCUT2D eigenvalue weighted by Gasteiger charge is -2.12. The van der Waals surface area contributed by atoms with Gasteiger partial charge in [-0.05, 0) is 25.0 Å². The summed E-state index contributed by atoms with van der Waals surface area (Å²) >= 11 is 0. The summed E-state index contributed by atoms with van der Waals surface area (Å²) in [5.74, 6) is -4.76. The molecule has 0 fully saturated rings. The number of esters is 4. The molecule has 0 spiro atoms. The third kappa shape index (κ3) is 5.24. The van der Waals surface area contributed by atoms with E-state index >= 15 is 0 Å². The van der Waals surface area contributed by atoms with Gasteiger partial charge in [-0.25, -0.2) is 9.59 Å². The first-order chi connectivity index (χ1) is 12.4. The van der Waals surface area contributed by atoms with Gasteiger partial charge >= 0.3 is 23.9 Å². The second-order valence-corrected chi connectivity index (χ2v) is 5.46. The Morgan fingerprint density at radius 1 is 0.846 bits per heavy atom. The van der Waals surface area contributed by atoms with Crippen LogP contribution in [0.4, 0.5) is 0 Å². The Bertz CT molecular complexity index is 658. The summed E-state index contributed by atoms with van der Waals surface area (Å²) in [5, 5.41) is 0. The van der Waals surface area contributed by atoms with Crippen LogP contribution in [-0.4, -0.2) is 23.9 Å². The maximum Gasteiger partial charge on any atom is 0.346 e. The summed E-state index contributed by atoms with van der Waals surface area (Å²) in [6, 6.07) is 5.64. The van der Waals surface area contributed by atoms with Crippen LogP contribution < -0.4 is 0 Å².